The number of carbonyl (C=O) groups is 2. The van der Waals surface area contributed by atoms with E-state index in [4.69, 9.17) is 4.74 Å². The molecule has 0 saturated heterocycles. The number of hydrogen-bond donors (Lipinski definition) is 1. The number of anilines is 1. The Hall–Kier alpha value is -3.22. The molecule has 130 valence electrons. The van der Waals surface area contributed by atoms with Crippen molar-refractivity contribution in [3.63, 3.8) is 0 Å². The first-order valence-electron chi connectivity index (χ1n) is 7.58. The fraction of sp³-hybridized carbons (Fsp3) is 0.222. The van der Waals surface area contributed by atoms with Crippen LogP contribution in [0.4, 0.5) is 11.4 Å². The van der Waals surface area contributed by atoms with Gasteiger partial charge in [0.05, 0.1) is 4.92 Å². The molecule has 7 heteroatoms. The molecule has 2 aromatic carbocycles. The highest BCUT2D eigenvalue weighted by Crippen LogP contribution is 2.23. The lowest BCUT2D eigenvalue weighted by molar-refractivity contribution is -0.385. The van der Waals surface area contributed by atoms with E-state index in [-0.39, 0.29) is 11.3 Å². The summed E-state index contributed by atoms with van der Waals surface area (Å²) in [5, 5.41) is 13.8. The Morgan fingerprint density at radius 3 is 2.48 bits per heavy atom. The Morgan fingerprint density at radius 2 is 1.84 bits per heavy atom. The fourth-order valence-corrected chi connectivity index (χ4v) is 2.41. The Labute approximate surface area is 144 Å². The van der Waals surface area contributed by atoms with Crippen molar-refractivity contribution in [2.24, 2.45) is 0 Å². The zero-order valence-electron chi connectivity index (χ0n) is 14.2. The van der Waals surface area contributed by atoms with Crippen LogP contribution in [0.25, 0.3) is 0 Å². The molecule has 0 heterocycles. The summed E-state index contributed by atoms with van der Waals surface area (Å²) >= 11 is 0. The van der Waals surface area contributed by atoms with Gasteiger partial charge in [-0.15, -0.1) is 0 Å². The maximum Gasteiger partial charge on any atom is 0.345 e. The molecule has 0 aliphatic rings. The summed E-state index contributed by atoms with van der Waals surface area (Å²) < 4.78 is 4.92. The smallest absolute Gasteiger partial charge is 0.345 e. The highest BCUT2D eigenvalue weighted by Gasteiger charge is 2.24. The number of hydrogen-bond acceptors (Lipinski definition) is 5. The predicted octanol–water partition coefficient (Wildman–Crippen LogP) is 3.32. The average molecular weight is 342 g/mol. The van der Waals surface area contributed by atoms with E-state index in [1.807, 2.05) is 26.0 Å². The zero-order chi connectivity index (χ0) is 18.6. The monoisotopic (exact) mass is 342 g/mol. The lowest BCUT2D eigenvalue weighted by Gasteiger charge is -2.10. The molecule has 0 aliphatic carbocycles. The van der Waals surface area contributed by atoms with Crippen LogP contribution in [0.1, 0.15) is 27.0 Å². The number of nitro benzene ring substituents is 1. The number of nitro groups is 1. The summed E-state index contributed by atoms with van der Waals surface area (Å²) in [6.45, 7) is 4.79. The topological polar surface area (TPSA) is 98.5 Å². The number of nitrogens with zero attached hydrogens (tertiary/aromatic N) is 1. The van der Waals surface area contributed by atoms with E-state index >= 15 is 0 Å². The summed E-state index contributed by atoms with van der Waals surface area (Å²) in [6.07, 6.45) is 0. The van der Waals surface area contributed by atoms with Gasteiger partial charge >= 0.3 is 5.97 Å². The summed E-state index contributed by atoms with van der Waals surface area (Å²) in [7, 11) is 0. The van der Waals surface area contributed by atoms with Crippen molar-refractivity contribution in [3.05, 3.63) is 68.8 Å². The minimum absolute atomic E-state index is 0.177. The normalized spacial score (nSPS) is 10.2. The maximum absolute atomic E-state index is 12.1. The third kappa shape index (κ3) is 4.41. The molecule has 0 atom stereocenters. The second kappa shape index (κ2) is 7.57. The summed E-state index contributed by atoms with van der Waals surface area (Å²) in [5.41, 5.74) is 2.42. The van der Waals surface area contributed by atoms with Crippen molar-refractivity contribution in [1.29, 1.82) is 0 Å². The van der Waals surface area contributed by atoms with Gasteiger partial charge in [-0.1, -0.05) is 29.8 Å². The molecule has 25 heavy (non-hydrogen) atoms. The van der Waals surface area contributed by atoms with E-state index in [1.165, 1.54) is 25.1 Å². The third-order valence-corrected chi connectivity index (χ3v) is 3.63. The van der Waals surface area contributed by atoms with Gasteiger partial charge in [-0.2, -0.15) is 0 Å². The number of benzene rings is 2. The Bertz CT molecular complexity index is 845. The highest BCUT2D eigenvalue weighted by molar-refractivity contribution is 5.98. The van der Waals surface area contributed by atoms with Gasteiger partial charge in [-0.05, 0) is 38.5 Å². The van der Waals surface area contributed by atoms with Gasteiger partial charge in [0.25, 0.3) is 11.6 Å². The lowest BCUT2D eigenvalue weighted by atomic mass is 10.1. The molecule has 0 spiro atoms. The maximum atomic E-state index is 12.1. The molecule has 0 aliphatic heterocycles. The van der Waals surface area contributed by atoms with Crippen molar-refractivity contribution in [3.8, 4) is 0 Å². The van der Waals surface area contributed by atoms with Crippen LogP contribution in [-0.4, -0.2) is 23.4 Å². The molecule has 1 amide bonds. The summed E-state index contributed by atoms with van der Waals surface area (Å²) in [6, 6.07) is 9.88. The quantitative estimate of drug-likeness (QED) is 0.510. The minimum atomic E-state index is -0.911. The highest BCUT2D eigenvalue weighted by atomic mass is 16.6. The van der Waals surface area contributed by atoms with Crippen molar-refractivity contribution < 1.29 is 19.2 Å². The molecular weight excluding hydrogens is 324 g/mol. The van der Waals surface area contributed by atoms with E-state index < -0.39 is 23.4 Å². The van der Waals surface area contributed by atoms with Crippen LogP contribution in [-0.2, 0) is 9.53 Å². The largest absolute Gasteiger partial charge is 0.452 e. The molecule has 1 N–H and O–H groups in total. The molecule has 2 rings (SSSR count). The van der Waals surface area contributed by atoms with Crippen molar-refractivity contribution in [1.82, 2.24) is 0 Å². The SMILES string of the molecule is Cc1ccc(NC(=O)COC(=O)c2cccc(C)c2[N+](=O)[O-])c(C)c1. The van der Waals surface area contributed by atoms with E-state index in [1.54, 1.807) is 6.07 Å². The number of amides is 1. The zero-order valence-corrected chi connectivity index (χ0v) is 14.2. The second-order valence-corrected chi connectivity index (χ2v) is 5.67. The van der Waals surface area contributed by atoms with Crippen molar-refractivity contribution >= 4 is 23.3 Å². The van der Waals surface area contributed by atoms with Gasteiger partial charge in [-0.25, -0.2) is 4.79 Å². The lowest BCUT2D eigenvalue weighted by Crippen LogP contribution is -2.21. The van der Waals surface area contributed by atoms with Gasteiger partial charge < -0.3 is 10.1 Å². The van der Waals surface area contributed by atoms with Crippen LogP contribution < -0.4 is 5.32 Å². The van der Waals surface area contributed by atoms with Gasteiger partial charge in [0.1, 0.15) is 5.56 Å². The van der Waals surface area contributed by atoms with E-state index in [0.717, 1.165) is 11.1 Å². The number of ether oxygens (including phenoxy) is 1. The Morgan fingerprint density at radius 1 is 1.12 bits per heavy atom. The molecule has 0 radical (unpaired) electrons. The van der Waals surface area contributed by atoms with Crippen LogP contribution in [0.3, 0.4) is 0 Å². The van der Waals surface area contributed by atoms with E-state index in [0.29, 0.717) is 11.3 Å². The van der Waals surface area contributed by atoms with Crippen LogP contribution in [0.15, 0.2) is 36.4 Å². The number of nitrogens with one attached hydrogen (secondary N) is 1. The Balaban J connectivity index is 2.04. The van der Waals surface area contributed by atoms with Crippen molar-refractivity contribution in [2.45, 2.75) is 20.8 Å². The standard InChI is InChI=1S/C18H18N2O5/c1-11-7-8-15(13(3)9-11)19-16(21)10-25-18(22)14-6-4-5-12(2)17(14)20(23)24/h4-9H,10H2,1-3H3,(H,19,21). The third-order valence-electron chi connectivity index (χ3n) is 3.63. The molecule has 0 saturated carbocycles. The molecule has 0 unspecified atom stereocenters. The van der Waals surface area contributed by atoms with Crippen LogP contribution >= 0.6 is 0 Å². The summed E-state index contributed by atoms with van der Waals surface area (Å²) in [5.74, 6) is -1.43. The van der Waals surface area contributed by atoms with Crippen LogP contribution in [0.2, 0.25) is 0 Å². The molecule has 0 aromatic heterocycles. The van der Waals surface area contributed by atoms with Gasteiger partial charge in [0.2, 0.25) is 0 Å². The number of rotatable bonds is 5. The minimum Gasteiger partial charge on any atom is -0.452 e. The average Bonchev–Trinajstić information content (AvgIpc) is 2.54. The van der Waals surface area contributed by atoms with Gasteiger partial charge in [-0.3, -0.25) is 14.9 Å². The predicted molar refractivity (Wildman–Crippen MR) is 92.7 cm³/mol. The number of carbonyl (C=O) groups excluding carboxylic acids is 2. The number of para-hydroxylation sites is 1. The van der Waals surface area contributed by atoms with Gasteiger partial charge in [0.15, 0.2) is 6.61 Å². The first-order valence-corrected chi connectivity index (χ1v) is 7.58. The van der Waals surface area contributed by atoms with Crippen LogP contribution in [0, 0.1) is 30.9 Å². The number of aryl methyl sites for hydroxylation is 3. The molecule has 0 bridgehead atoms. The number of esters is 1. The Kier molecular flexibility index (Phi) is 5.49. The molecule has 7 nitrogen and oxygen atoms in total. The van der Waals surface area contributed by atoms with Crippen molar-refractivity contribution in [2.75, 3.05) is 11.9 Å². The second-order valence-electron chi connectivity index (χ2n) is 5.67. The first-order chi connectivity index (χ1) is 11.8. The fourth-order valence-electron chi connectivity index (χ4n) is 2.41. The summed E-state index contributed by atoms with van der Waals surface area (Å²) in [4.78, 5) is 34.5. The molecular formula is C18H18N2O5. The van der Waals surface area contributed by atoms with Gasteiger partial charge in [0, 0.05) is 11.3 Å². The van der Waals surface area contributed by atoms with E-state index in [9.17, 15) is 19.7 Å². The molecule has 2 aromatic rings. The van der Waals surface area contributed by atoms with Crippen LogP contribution in [0.5, 0.6) is 0 Å². The van der Waals surface area contributed by atoms with E-state index in [2.05, 4.69) is 5.32 Å². The first kappa shape index (κ1) is 18.1. The molecule has 0 fully saturated rings.